The molecule has 0 amide bonds. The molecular weight excluding hydrogens is 246 g/mol. The van der Waals surface area contributed by atoms with Crippen LogP contribution in [-0.4, -0.2) is 57.5 Å². The van der Waals surface area contributed by atoms with E-state index in [1.54, 1.807) is 0 Å². The molecule has 2 aliphatic rings. The third-order valence-electron chi connectivity index (χ3n) is 4.74. The van der Waals surface area contributed by atoms with Gasteiger partial charge in [0, 0.05) is 19.1 Å². The lowest BCUT2D eigenvalue weighted by Gasteiger charge is -2.44. The summed E-state index contributed by atoms with van der Waals surface area (Å²) in [4.78, 5) is 13.1. The molecule has 2 fully saturated rings. The Bertz CT molecular complexity index is 309. The van der Waals surface area contributed by atoms with Gasteiger partial charge < -0.3 is 15.3 Å². The van der Waals surface area contributed by atoms with Crippen LogP contribution in [0.5, 0.6) is 0 Å². The number of nitrogens with zero attached hydrogens (tertiary/aromatic N) is 1. The first-order valence-electron chi connectivity index (χ1n) is 7.34. The molecule has 0 aromatic rings. The van der Waals surface area contributed by atoms with Gasteiger partial charge in [0.05, 0.1) is 18.1 Å². The molecule has 5 heteroatoms. The van der Waals surface area contributed by atoms with Crippen molar-refractivity contribution in [3.05, 3.63) is 0 Å². The van der Waals surface area contributed by atoms with Crippen LogP contribution in [0.1, 0.15) is 44.9 Å². The molecule has 0 heterocycles. The molecule has 2 rings (SSSR count). The van der Waals surface area contributed by atoms with E-state index in [0.717, 1.165) is 12.8 Å². The molecule has 0 aromatic heterocycles. The lowest BCUT2D eigenvalue weighted by atomic mass is 9.78. The van der Waals surface area contributed by atoms with Gasteiger partial charge in [0.25, 0.3) is 0 Å². The van der Waals surface area contributed by atoms with E-state index in [-0.39, 0.29) is 12.5 Å². The highest BCUT2D eigenvalue weighted by atomic mass is 16.4. The maximum atomic E-state index is 10.9. The molecule has 5 nitrogen and oxygen atoms in total. The van der Waals surface area contributed by atoms with Crippen LogP contribution in [0.4, 0.5) is 0 Å². The minimum Gasteiger partial charge on any atom is -0.481 e. The number of hydrogen-bond donors (Lipinski definition) is 3. The maximum Gasteiger partial charge on any atom is 0.306 e. The second-order valence-corrected chi connectivity index (χ2v) is 6.12. The molecular formula is C14H25NO4. The Hall–Kier alpha value is -0.650. The van der Waals surface area contributed by atoms with Gasteiger partial charge in [-0.1, -0.05) is 6.42 Å². The van der Waals surface area contributed by atoms with Gasteiger partial charge in [-0.3, -0.25) is 9.69 Å². The summed E-state index contributed by atoms with van der Waals surface area (Å²) in [7, 11) is 0. The van der Waals surface area contributed by atoms with Crippen LogP contribution in [-0.2, 0) is 4.79 Å². The van der Waals surface area contributed by atoms with Crippen LogP contribution in [0, 0.1) is 5.92 Å². The Kier molecular flexibility index (Phi) is 4.81. The molecule has 0 atom stereocenters. The van der Waals surface area contributed by atoms with Crippen molar-refractivity contribution in [1.82, 2.24) is 4.90 Å². The Morgan fingerprint density at radius 1 is 1.21 bits per heavy atom. The molecule has 2 saturated carbocycles. The molecule has 110 valence electrons. The summed E-state index contributed by atoms with van der Waals surface area (Å²) in [6.45, 7) is 1.30. The number of aliphatic hydroxyl groups excluding tert-OH is 1. The smallest absolute Gasteiger partial charge is 0.306 e. The van der Waals surface area contributed by atoms with Crippen LogP contribution in [0.25, 0.3) is 0 Å². The van der Waals surface area contributed by atoms with Crippen LogP contribution in [0.15, 0.2) is 0 Å². The number of carbonyl (C=O) groups is 1. The monoisotopic (exact) mass is 271 g/mol. The maximum absolute atomic E-state index is 10.9. The highest BCUT2D eigenvalue weighted by Crippen LogP contribution is 2.35. The molecule has 0 spiro atoms. The van der Waals surface area contributed by atoms with Crippen LogP contribution in [0.2, 0.25) is 0 Å². The first-order valence-corrected chi connectivity index (χ1v) is 7.34. The van der Waals surface area contributed by atoms with Crippen molar-refractivity contribution in [3.63, 3.8) is 0 Å². The molecule has 0 aliphatic heterocycles. The van der Waals surface area contributed by atoms with Gasteiger partial charge in [-0.05, 0) is 38.5 Å². The predicted molar refractivity (Wildman–Crippen MR) is 70.8 cm³/mol. The summed E-state index contributed by atoms with van der Waals surface area (Å²) in [5.74, 6) is -1.04. The molecule has 0 unspecified atom stereocenters. The predicted octanol–water partition coefficient (Wildman–Crippen LogP) is 0.839. The average molecular weight is 271 g/mol. The van der Waals surface area contributed by atoms with Gasteiger partial charge in [-0.2, -0.15) is 0 Å². The van der Waals surface area contributed by atoms with E-state index in [1.165, 1.54) is 6.42 Å². The summed E-state index contributed by atoms with van der Waals surface area (Å²) in [6, 6.07) is 0.494. The first kappa shape index (κ1) is 14.8. The lowest BCUT2D eigenvalue weighted by Crippen LogP contribution is -2.52. The summed E-state index contributed by atoms with van der Waals surface area (Å²) < 4.78 is 0. The summed E-state index contributed by atoms with van der Waals surface area (Å²) in [5, 5.41) is 28.7. The van der Waals surface area contributed by atoms with Crippen molar-refractivity contribution in [1.29, 1.82) is 0 Å². The van der Waals surface area contributed by atoms with Crippen LogP contribution in [0.3, 0.4) is 0 Å². The van der Waals surface area contributed by atoms with Crippen molar-refractivity contribution >= 4 is 5.97 Å². The van der Waals surface area contributed by atoms with Gasteiger partial charge in [0.1, 0.15) is 0 Å². The van der Waals surface area contributed by atoms with Gasteiger partial charge in [0.2, 0.25) is 0 Å². The molecule has 0 bridgehead atoms. The van der Waals surface area contributed by atoms with E-state index in [1.807, 2.05) is 0 Å². The summed E-state index contributed by atoms with van der Waals surface area (Å²) in [6.07, 6.45) is 5.75. The number of hydrogen-bond acceptors (Lipinski definition) is 4. The second kappa shape index (κ2) is 6.20. The van der Waals surface area contributed by atoms with Crippen molar-refractivity contribution in [2.45, 2.75) is 56.6 Å². The summed E-state index contributed by atoms with van der Waals surface area (Å²) >= 11 is 0. The van der Waals surface area contributed by atoms with Gasteiger partial charge in [-0.25, -0.2) is 0 Å². The number of aliphatic carboxylic acids is 1. The molecule has 0 saturated heterocycles. The molecule has 3 N–H and O–H groups in total. The Balaban J connectivity index is 1.87. The second-order valence-electron chi connectivity index (χ2n) is 6.12. The van der Waals surface area contributed by atoms with E-state index >= 15 is 0 Å². The molecule has 2 aliphatic carbocycles. The topological polar surface area (TPSA) is 81.0 Å². The Labute approximate surface area is 114 Å². The van der Waals surface area contributed by atoms with Gasteiger partial charge in [0.15, 0.2) is 0 Å². The van der Waals surface area contributed by atoms with Crippen LogP contribution < -0.4 is 0 Å². The van der Waals surface area contributed by atoms with Crippen LogP contribution >= 0.6 is 0 Å². The van der Waals surface area contributed by atoms with E-state index in [0.29, 0.717) is 44.8 Å². The van der Waals surface area contributed by atoms with Gasteiger partial charge in [-0.15, -0.1) is 0 Å². The molecule has 0 aromatic carbocycles. The van der Waals surface area contributed by atoms with Crippen molar-refractivity contribution in [3.8, 4) is 0 Å². The largest absolute Gasteiger partial charge is 0.481 e. The van der Waals surface area contributed by atoms with E-state index in [2.05, 4.69) is 4.90 Å². The Morgan fingerprint density at radius 3 is 2.26 bits per heavy atom. The minimum absolute atomic E-state index is 0.115. The number of aliphatic hydroxyl groups is 2. The minimum atomic E-state index is -0.767. The third kappa shape index (κ3) is 3.68. The zero-order valence-electron chi connectivity index (χ0n) is 11.4. The fourth-order valence-electron chi connectivity index (χ4n) is 3.21. The summed E-state index contributed by atoms with van der Waals surface area (Å²) in [5.41, 5.74) is -0.767. The number of carboxylic acid groups (broad SMARTS) is 1. The highest BCUT2D eigenvalue weighted by molar-refractivity contribution is 5.70. The fraction of sp³-hybridized carbons (Fsp3) is 0.929. The van der Waals surface area contributed by atoms with E-state index in [4.69, 9.17) is 10.2 Å². The zero-order chi connectivity index (χ0) is 13.9. The quantitative estimate of drug-likeness (QED) is 0.667. The average Bonchev–Trinajstić information content (AvgIpc) is 2.27. The third-order valence-corrected chi connectivity index (χ3v) is 4.74. The Morgan fingerprint density at radius 2 is 1.84 bits per heavy atom. The molecule has 19 heavy (non-hydrogen) atoms. The molecule has 0 radical (unpaired) electrons. The van der Waals surface area contributed by atoms with Crippen molar-refractivity contribution in [2.24, 2.45) is 5.92 Å². The number of carboxylic acids is 1. The van der Waals surface area contributed by atoms with E-state index < -0.39 is 11.6 Å². The SMILES string of the molecule is O=C(O)C1CCC(O)(CN(CCO)C2CCC2)CC1. The van der Waals surface area contributed by atoms with Gasteiger partial charge >= 0.3 is 5.97 Å². The lowest BCUT2D eigenvalue weighted by molar-refractivity contribution is -0.145. The van der Waals surface area contributed by atoms with Crippen molar-refractivity contribution in [2.75, 3.05) is 19.7 Å². The normalized spacial score (nSPS) is 32.3. The standard InChI is InChI=1S/C14H25NO4/c16-9-8-15(12-2-1-3-12)10-14(19)6-4-11(5-7-14)13(17)18/h11-12,16,19H,1-10H2,(H,17,18). The fourth-order valence-corrected chi connectivity index (χ4v) is 3.21. The highest BCUT2D eigenvalue weighted by Gasteiger charge is 2.38. The first-order chi connectivity index (χ1) is 9.04. The number of rotatable bonds is 6. The van der Waals surface area contributed by atoms with Crippen molar-refractivity contribution < 1.29 is 20.1 Å². The zero-order valence-corrected chi connectivity index (χ0v) is 11.4. The van der Waals surface area contributed by atoms with E-state index in [9.17, 15) is 9.90 Å².